The maximum Gasteiger partial charge on any atom is 0.246 e. The highest BCUT2D eigenvalue weighted by Gasteiger charge is 2.15. The first-order valence-electron chi connectivity index (χ1n) is 9.54. The van der Waals surface area contributed by atoms with Crippen molar-refractivity contribution in [3.8, 4) is 17.1 Å². The van der Waals surface area contributed by atoms with Gasteiger partial charge in [-0.25, -0.2) is 0 Å². The summed E-state index contributed by atoms with van der Waals surface area (Å²) >= 11 is 0. The number of rotatable bonds is 7. The van der Waals surface area contributed by atoms with Crippen LogP contribution in [0, 0.1) is 6.92 Å². The molecule has 0 aliphatic rings. The van der Waals surface area contributed by atoms with E-state index in [9.17, 15) is 0 Å². The quantitative estimate of drug-likeness (QED) is 0.434. The molecule has 3 aromatic carbocycles. The molecule has 5 heteroatoms. The van der Waals surface area contributed by atoms with Gasteiger partial charge in [0.25, 0.3) is 0 Å². The summed E-state index contributed by atoms with van der Waals surface area (Å²) in [5.74, 6) is 1.95. The van der Waals surface area contributed by atoms with Crippen LogP contribution in [0.2, 0.25) is 0 Å². The van der Waals surface area contributed by atoms with Crippen molar-refractivity contribution in [1.29, 1.82) is 0 Å². The molecule has 0 bridgehead atoms. The maximum atomic E-state index is 5.56. The fraction of sp³-hybridized carbons (Fsp3) is 0.167. The van der Waals surface area contributed by atoms with Gasteiger partial charge in [-0.05, 0) is 48.9 Å². The van der Waals surface area contributed by atoms with Crippen molar-refractivity contribution in [2.45, 2.75) is 20.0 Å². The van der Waals surface area contributed by atoms with Crippen LogP contribution in [-0.2, 0) is 13.1 Å². The lowest BCUT2D eigenvalue weighted by molar-refractivity contribution is 0.376. The molecule has 4 rings (SSSR count). The number of methoxy groups -OCH3 is 1. The molecule has 0 unspecified atom stereocenters. The Hall–Kier alpha value is -3.60. The van der Waals surface area contributed by atoms with E-state index in [0.29, 0.717) is 18.3 Å². The first-order chi connectivity index (χ1) is 14.2. The minimum Gasteiger partial charge on any atom is -0.497 e. The van der Waals surface area contributed by atoms with Crippen LogP contribution in [0.25, 0.3) is 11.4 Å². The third kappa shape index (κ3) is 4.63. The molecule has 4 aromatic rings. The average molecular weight is 385 g/mol. The summed E-state index contributed by atoms with van der Waals surface area (Å²) in [4.78, 5) is 6.84. The normalized spacial score (nSPS) is 10.7. The van der Waals surface area contributed by atoms with Gasteiger partial charge in [0.1, 0.15) is 5.75 Å². The molecular weight excluding hydrogens is 362 g/mol. The van der Waals surface area contributed by atoms with Crippen LogP contribution in [0.4, 0.5) is 5.69 Å². The second-order valence-corrected chi connectivity index (χ2v) is 6.92. The number of ether oxygens (including phenoxy) is 1. The van der Waals surface area contributed by atoms with Gasteiger partial charge in [0.2, 0.25) is 11.7 Å². The van der Waals surface area contributed by atoms with Crippen molar-refractivity contribution >= 4 is 5.69 Å². The number of anilines is 1. The number of benzene rings is 3. The van der Waals surface area contributed by atoms with Gasteiger partial charge in [-0.15, -0.1) is 0 Å². The van der Waals surface area contributed by atoms with Crippen molar-refractivity contribution in [2.75, 3.05) is 12.0 Å². The fourth-order valence-corrected chi connectivity index (χ4v) is 3.14. The molecule has 0 saturated heterocycles. The van der Waals surface area contributed by atoms with Crippen molar-refractivity contribution in [3.05, 3.63) is 95.9 Å². The Labute approximate surface area is 170 Å². The minimum absolute atomic E-state index is 0.529. The van der Waals surface area contributed by atoms with Gasteiger partial charge in [0.05, 0.1) is 13.7 Å². The molecule has 0 radical (unpaired) electrons. The second-order valence-electron chi connectivity index (χ2n) is 6.92. The molecule has 0 N–H and O–H groups in total. The van der Waals surface area contributed by atoms with Crippen LogP contribution >= 0.6 is 0 Å². The van der Waals surface area contributed by atoms with Gasteiger partial charge in [-0.2, -0.15) is 4.98 Å². The zero-order valence-corrected chi connectivity index (χ0v) is 16.6. The number of nitrogens with zero attached hydrogens (tertiary/aromatic N) is 3. The lowest BCUT2D eigenvalue weighted by atomic mass is 10.1. The Morgan fingerprint density at radius 3 is 2.28 bits per heavy atom. The molecule has 0 aliphatic carbocycles. The molecule has 0 amide bonds. The summed E-state index contributed by atoms with van der Waals surface area (Å²) in [5, 5.41) is 4.16. The molecular formula is C24H23N3O2. The highest BCUT2D eigenvalue weighted by Crippen LogP contribution is 2.23. The Morgan fingerprint density at radius 1 is 0.862 bits per heavy atom. The summed E-state index contributed by atoms with van der Waals surface area (Å²) < 4.78 is 10.8. The summed E-state index contributed by atoms with van der Waals surface area (Å²) in [6.07, 6.45) is 0. The Morgan fingerprint density at radius 2 is 1.59 bits per heavy atom. The smallest absolute Gasteiger partial charge is 0.246 e. The van der Waals surface area contributed by atoms with E-state index in [2.05, 4.69) is 70.5 Å². The van der Waals surface area contributed by atoms with E-state index in [-0.39, 0.29) is 0 Å². The number of hydrogen-bond donors (Lipinski definition) is 0. The van der Waals surface area contributed by atoms with Crippen molar-refractivity contribution in [2.24, 2.45) is 0 Å². The molecule has 0 spiro atoms. The molecule has 0 fully saturated rings. The van der Waals surface area contributed by atoms with E-state index in [0.717, 1.165) is 23.5 Å². The van der Waals surface area contributed by atoms with Gasteiger partial charge in [-0.1, -0.05) is 53.2 Å². The van der Waals surface area contributed by atoms with Gasteiger partial charge in [0.15, 0.2) is 0 Å². The summed E-state index contributed by atoms with van der Waals surface area (Å²) in [5.41, 5.74) is 4.46. The van der Waals surface area contributed by atoms with Crippen LogP contribution < -0.4 is 9.64 Å². The highest BCUT2D eigenvalue weighted by molar-refractivity contribution is 5.55. The fourth-order valence-electron chi connectivity index (χ4n) is 3.14. The average Bonchev–Trinajstić information content (AvgIpc) is 3.23. The lowest BCUT2D eigenvalue weighted by Gasteiger charge is -2.23. The van der Waals surface area contributed by atoms with E-state index >= 15 is 0 Å². The largest absolute Gasteiger partial charge is 0.497 e. The van der Waals surface area contributed by atoms with E-state index < -0.39 is 0 Å². The summed E-state index contributed by atoms with van der Waals surface area (Å²) in [6.45, 7) is 3.37. The minimum atomic E-state index is 0.529. The molecule has 0 saturated carbocycles. The first kappa shape index (κ1) is 18.7. The van der Waals surface area contributed by atoms with Crippen LogP contribution in [-0.4, -0.2) is 17.3 Å². The number of aryl methyl sites for hydroxylation is 1. The van der Waals surface area contributed by atoms with E-state index in [1.165, 1.54) is 11.1 Å². The van der Waals surface area contributed by atoms with Crippen molar-refractivity contribution in [3.63, 3.8) is 0 Å². The molecule has 1 aromatic heterocycles. The molecule has 1 heterocycles. The zero-order chi connectivity index (χ0) is 20.1. The standard InChI is InChI=1S/C24H23N3O2/c1-18-8-12-21(13-9-18)27(16-19-6-4-3-5-7-19)17-23-25-24(26-29-23)20-10-14-22(28-2)15-11-20/h3-15H,16-17H2,1-2H3. The van der Waals surface area contributed by atoms with Gasteiger partial charge in [-0.3, -0.25) is 0 Å². The summed E-state index contributed by atoms with van der Waals surface area (Å²) in [6, 6.07) is 26.5. The van der Waals surface area contributed by atoms with Gasteiger partial charge >= 0.3 is 0 Å². The van der Waals surface area contributed by atoms with E-state index in [4.69, 9.17) is 9.26 Å². The number of aromatic nitrogens is 2. The van der Waals surface area contributed by atoms with Crippen molar-refractivity contribution in [1.82, 2.24) is 10.1 Å². The van der Waals surface area contributed by atoms with E-state index in [1.54, 1.807) is 7.11 Å². The summed E-state index contributed by atoms with van der Waals surface area (Å²) in [7, 11) is 1.65. The third-order valence-corrected chi connectivity index (χ3v) is 4.76. The predicted molar refractivity (Wildman–Crippen MR) is 114 cm³/mol. The van der Waals surface area contributed by atoms with Gasteiger partial charge < -0.3 is 14.2 Å². The Balaban J connectivity index is 1.57. The molecule has 5 nitrogen and oxygen atoms in total. The maximum absolute atomic E-state index is 5.56. The van der Waals surface area contributed by atoms with Gasteiger partial charge in [0, 0.05) is 17.8 Å². The molecule has 0 atom stereocenters. The molecule has 0 aliphatic heterocycles. The Kier molecular flexibility index (Phi) is 5.56. The van der Waals surface area contributed by atoms with Crippen LogP contribution in [0.5, 0.6) is 5.75 Å². The second kappa shape index (κ2) is 8.61. The lowest BCUT2D eigenvalue weighted by Crippen LogP contribution is -2.22. The van der Waals surface area contributed by atoms with Crippen LogP contribution in [0.15, 0.2) is 83.4 Å². The zero-order valence-electron chi connectivity index (χ0n) is 16.6. The van der Waals surface area contributed by atoms with E-state index in [1.807, 2.05) is 30.3 Å². The third-order valence-electron chi connectivity index (χ3n) is 4.76. The number of hydrogen-bond acceptors (Lipinski definition) is 5. The Bertz CT molecular complexity index is 1040. The molecule has 146 valence electrons. The predicted octanol–water partition coefficient (Wildman–Crippen LogP) is 5.26. The monoisotopic (exact) mass is 385 g/mol. The van der Waals surface area contributed by atoms with Crippen molar-refractivity contribution < 1.29 is 9.26 Å². The van der Waals surface area contributed by atoms with Crippen LogP contribution in [0.1, 0.15) is 17.0 Å². The van der Waals surface area contributed by atoms with Crippen LogP contribution in [0.3, 0.4) is 0 Å². The highest BCUT2D eigenvalue weighted by atomic mass is 16.5. The SMILES string of the molecule is COc1ccc(-c2noc(CN(Cc3ccccc3)c3ccc(C)cc3)n2)cc1. The first-order valence-corrected chi connectivity index (χ1v) is 9.54. The molecule has 29 heavy (non-hydrogen) atoms. The topological polar surface area (TPSA) is 51.4 Å².